The number of aryl methyl sites for hydroxylation is 1. The topological polar surface area (TPSA) is 29.9 Å². The van der Waals surface area contributed by atoms with Crippen molar-refractivity contribution < 1.29 is 0 Å². The summed E-state index contributed by atoms with van der Waals surface area (Å²) in [5.74, 6) is 0.856. The van der Waals surface area contributed by atoms with E-state index in [1.165, 1.54) is 11.1 Å². The summed E-state index contributed by atoms with van der Waals surface area (Å²) in [6.45, 7) is 4.29. The summed E-state index contributed by atoms with van der Waals surface area (Å²) in [4.78, 5) is 4.43. The monoisotopic (exact) mass is 277 g/mol. The van der Waals surface area contributed by atoms with E-state index in [4.69, 9.17) is 0 Å². The Balaban J connectivity index is 1.86. The number of imidazole rings is 1. The second kappa shape index (κ2) is 5.83. The van der Waals surface area contributed by atoms with E-state index in [0.29, 0.717) is 0 Å². The number of benzene rings is 2. The van der Waals surface area contributed by atoms with E-state index < -0.39 is 0 Å². The van der Waals surface area contributed by atoms with Gasteiger partial charge in [0.05, 0.1) is 6.04 Å². The first-order valence-electron chi connectivity index (χ1n) is 7.15. The lowest BCUT2D eigenvalue weighted by Crippen LogP contribution is -2.09. The molecule has 21 heavy (non-hydrogen) atoms. The van der Waals surface area contributed by atoms with Gasteiger partial charge >= 0.3 is 0 Å². The number of rotatable bonds is 4. The van der Waals surface area contributed by atoms with Gasteiger partial charge in [-0.25, -0.2) is 4.98 Å². The molecule has 0 radical (unpaired) electrons. The molecule has 0 saturated heterocycles. The van der Waals surface area contributed by atoms with Gasteiger partial charge in [0.25, 0.3) is 0 Å². The normalized spacial score (nSPS) is 12.1. The lowest BCUT2D eigenvalue weighted by Gasteiger charge is -2.17. The zero-order valence-electron chi connectivity index (χ0n) is 12.3. The van der Waals surface area contributed by atoms with Gasteiger partial charge in [0, 0.05) is 18.1 Å². The highest BCUT2D eigenvalue weighted by Crippen LogP contribution is 2.23. The summed E-state index contributed by atoms with van der Waals surface area (Å²) in [5.41, 5.74) is 3.59. The van der Waals surface area contributed by atoms with Crippen molar-refractivity contribution in [3.63, 3.8) is 0 Å². The molecule has 3 nitrogen and oxygen atoms in total. The third-order valence-electron chi connectivity index (χ3n) is 3.68. The number of anilines is 2. The molecule has 1 heterocycles. The zero-order valence-corrected chi connectivity index (χ0v) is 12.3. The Morgan fingerprint density at radius 3 is 2.43 bits per heavy atom. The Morgan fingerprint density at radius 1 is 1.00 bits per heavy atom. The van der Waals surface area contributed by atoms with Crippen LogP contribution in [0.1, 0.15) is 24.1 Å². The quantitative estimate of drug-likeness (QED) is 0.758. The molecule has 0 fully saturated rings. The highest BCUT2D eigenvalue weighted by molar-refractivity contribution is 5.53. The van der Waals surface area contributed by atoms with E-state index in [2.05, 4.69) is 53.0 Å². The fourth-order valence-corrected chi connectivity index (χ4v) is 2.38. The highest BCUT2D eigenvalue weighted by atomic mass is 15.2. The van der Waals surface area contributed by atoms with E-state index in [9.17, 15) is 0 Å². The van der Waals surface area contributed by atoms with Crippen LogP contribution in [-0.2, 0) is 0 Å². The molecule has 0 aliphatic rings. The average Bonchev–Trinajstić information content (AvgIpc) is 2.96. The molecular formula is C18H19N3. The highest BCUT2D eigenvalue weighted by Gasteiger charge is 2.12. The summed E-state index contributed by atoms with van der Waals surface area (Å²) in [6.07, 6.45) is 3.84. The lowest BCUT2D eigenvalue weighted by molar-refractivity contribution is 0.647. The zero-order chi connectivity index (χ0) is 14.7. The summed E-state index contributed by atoms with van der Waals surface area (Å²) in [6, 6.07) is 19.0. The van der Waals surface area contributed by atoms with E-state index >= 15 is 0 Å². The molecule has 2 aromatic carbocycles. The number of para-hydroxylation sites is 1. The number of nitrogens with zero attached hydrogens (tertiary/aromatic N) is 2. The summed E-state index contributed by atoms with van der Waals surface area (Å²) < 4.78 is 2.15. The van der Waals surface area contributed by atoms with Gasteiger partial charge in [0.2, 0.25) is 5.95 Å². The van der Waals surface area contributed by atoms with E-state index in [1.54, 1.807) is 0 Å². The molecule has 3 heteroatoms. The van der Waals surface area contributed by atoms with Crippen LogP contribution in [0.5, 0.6) is 0 Å². The Kier molecular flexibility index (Phi) is 3.73. The van der Waals surface area contributed by atoms with Crippen LogP contribution in [0.3, 0.4) is 0 Å². The van der Waals surface area contributed by atoms with Crippen LogP contribution in [0.4, 0.5) is 11.6 Å². The molecule has 3 aromatic rings. The summed E-state index contributed by atoms with van der Waals surface area (Å²) >= 11 is 0. The van der Waals surface area contributed by atoms with Gasteiger partial charge in [-0.2, -0.15) is 0 Å². The first-order valence-corrected chi connectivity index (χ1v) is 7.15. The molecule has 0 aliphatic carbocycles. The Hall–Kier alpha value is -2.55. The number of aromatic nitrogens is 2. The number of hydrogen-bond acceptors (Lipinski definition) is 2. The van der Waals surface area contributed by atoms with Gasteiger partial charge in [0.15, 0.2) is 0 Å². The van der Waals surface area contributed by atoms with Crippen molar-refractivity contribution in [1.82, 2.24) is 9.55 Å². The van der Waals surface area contributed by atoms with E-state index in [0.717, 1.165) is 11.6 Å². The van der Waals surface area contributed by atoms with Crippen molar-refractivity contribution in [2.45, 2.75) is 19.9 Å². The fraction of sp³-hybridized carbons (Fsp3) is 0.167. The number of nitrogens with one attached hydrogen (secondary N) is 1. The van der Waals surface area contributed by atoms with E-state index in [1.807, 2.05) is 42.7 Å². The predicted octanol–water partition coefficient (Wildman–Crippen LogP) is 4.54. The molecule has 0 aliphatic heterocycles. The third-order valence-corrected chi connectivity index (χ3v) is 3.68. The van der Waals surface area contributed by atoms with Crippen LogP contribution in [0.15, 0.2) is 67.0 Å². The standard InChI is InChI=1S/C18H19N3/c1-14-8-10-16(11-9-14)15(2)21-13-12-19-18(21)20-17-6-4-3-5-7-17/h3-13,15H,1-2H3,(H,19,20). The Labute approximate surface area is 125 Å². The molecule has 0 saturated carbocycles. The maximum Gasteiger partial charge on any atom is 0.207 e. The summed E-state index contributed by atoms with van der Waals surface area (Å²) in [5, 5.41) is 3.37. The second-order valence-corrected chi connectivity index (χ2v) is 5.24. The largest absolute Gasteiger partial charge is 0.326 e. The first kappa shape index (κ1) is 13.4. The van der Waals surface area contributed by atoms with Crippen LogP contribution >= 0.6 is 0 Å². The second-order valence-electron chi connectivity index (χ2n) is 5.24. The smallest absolute Gasteiger partial charge is 0.207 e. The molecule has 1 aromatic heterocycles. The van der Waals surface area contributed by atoms with Crippen molar-refractivity contribution in [3.05, 3.63) is 78.1 Å². The van der Waals surface area contributed by atoms with Gasteiger partial charge in [-0.15, -0.1) is 0 Å². The lowest BCUT2D eigenvalue weighted by atomic mass is 10.1. The molecule has 106 valence electrons. The maximum atomic E-state index is 4.43. The van der Waals surface area contributed by atoms with Crippen LogP contribution in [0.2, 0.25) is 0 Å². The van der Waals surface area contributed by atoms with Crippen molar-refractivity contribution in [3.8, 4) is 0 Å². The van der Waals surface area contributed by atoms with Gasteiger partial charge < -0.3 is 9.88 Å². The van der Waals surface area contributed by atoms with Crippen LogP contribution in [-0.4, -0.2) is 9.55 Å². The maximum absolute atomic E-state index is 4.43. The van der Waals surface area contributed by atoms with Gasteiger partial charge in [-0.1, -0.05) is 48.0 Å². The van der Waals surface area contributed by atoms with Crippen molar-refractivity contribution in [2.24, 2.45) is 0 Å². The minimum Gasteiger partial charge on any atom is -0.326 e. The van der Waals surface area contributed by atoms with Gasteiger partial charge in [-0.3, -0.25) is 0 Å². The van der Waals surface area contributed by atoms with Crippen molar-refractivity contribution >= 4 is 11.6 Å². The molecule has 1 unspecified atom stereocenters. The van der Waals surface area contributed by atoms with E-state index in [-0.39, 0.29) is 6.04 Å². The fourth-order valence-electron chi connectivity index (χ4n) is 2.38. The molecule has 3 rings (SSSR count). The number of hydrogen-bond donors (Lipinski definition) is 1. The molecule has 0 spiro atoms. The van der Waals surface area contributed by atoms with Gasteiger partial charge in [0.1, 0.15) is 0 Å². The molecule has 0 bridgehead atoms. The SMILES string of the molecule is Cc1ccc(C(C)n2ccnc2Nc2ccccc2)cc1. The third kappa shape index (κ3) is 2.97. The minimum atomic E-state index is 0.235. The molecule has 0 amide bonds. The molecular weight excluding hydrogens is 258 g/mol. The van der Waals surface area contributed by atoms with Crippen LogP contribution in [0, 0.1) is 6.92 Å². The molecule has 1 atom stereocenters. The molecule has 1 N–H and O–H groups in total. The summed E-state index contributed by atoms with van der Waals surface area (Å²) in [7, 11) is 0. The minimum absolute atomic E-state index is 0.235. The van der Waals surface area contributed by atoms with Crippen molar-refractivity contribution in [1.29, 1.82) is 0 Å². The van der Waals surface area contributed by atoms with Crippen LogP contribution in [0.25, 0.3) is 0 Å². The van der Waals surface area contributed by atoms with Gasteiger partial charge in [-0.05, 0) is 31.5 Å². The van der Waals surface area contributed by atoms with Crippen LogP contribution < -0.4 is 5.32 Å². The first-order chi connectivity index (χ1) is 10.2. The van der Waals surface area contributed by atoms with Crippen molar-refractivity contribution in [2.75, 3.05) is 5.32 Å². The predicted molar refractivity (Wildman–Crippen MR) is 86.9 cm³/mol. The average molecular weight is 277 g/mol. The Morgan fingerprint density at radius 2 is 1.71 bits per heavy atom. The Bertz CT molecular complexity index is 699.